The predicted octanol–water partition coefficient (Wildman–Crippen LogP) is 3.64. The van der Waals surface area contributed by atoms with E-state index >= 15 is 0 Å². The number of aryl methyl sites for hydroxylation is 1. The highest BCUT2D eigenvalue weighted by atomic mass is 16.3. The van der Waals surface area contributed by atoms with Gasteiger partial charge in [0.25, 0.3) is 17.4 Å². The molecule has 152 valence electrons. The van der Waals surface area contributed by atoms with Crippen molar-refractivity contribution < 1.29 is 14.0 Å². The molecular weight excluding hydrogens is 370 g/mol. The third-order valence-corrected chi connectivity index (χ3v) is 4.67. The first kappa shape index (κ1) is 20.4. The number of fused-ring (bicyclic) bond motifs is 1. The molecule has 29 heavy (non-hydrogen) atoms. The van der Waals surface area contributed by atoms with E-state index in [1.165, 1.54) is 16.8 Å². The number of aromatic nitrogens is 1. The Labute approximate surface area is 168 Å². The Bertz CT molecular complexity index is 1080. The fourth-order valence-electron chi connectivity index (χ4n) is 3.41. The van der Waals surface area contributed by atoms with Gasteiger partial charge in [-0.3, -0.25) is 14.4 Å². The molecule has 0 aliphatic heterocycles. The van der Waals surface area contributed by atoms with Gasteiger partial charge in [0.2, 0.25) is 0 Å². The van der Waals surface area contributed by atoms with Crippen LogP contribution in [0.1, 0.15) is 48.6 Å². The Kier molecular flexibility index (Phi) is 5.59. The van der Waals surface area contributed by atoms with E-state index in [4.69, 9.17) is 4.42 Å². The van der Waals surface area contributed by atoms with Crippen LogP contribution in [0.15, 0.2) is 51.8 Å². The van der Waals surface area contributed by atoms with Gasteiger partial charge < -0.3 is 19.2 Å². The van der Waals surface area contributed by atoms with E-state index in [0.29, 0.717) is 11.1 Å². The summed E-state index contributed by atoms with van der Waals surface area (Å²) in [5, 5.41) is 3.37. The molecule has 0 radical (unpaired) electrons. The summed E-state index contributed by atoms with van der Waals surface area (Å²) in [7, 11) is 1.55. The standard InChI is InChI=1S/C22H25N3O4/c1-13(2)25(14(3)4)21(27)16-10-17(22(28)24(5)12-16)23-20(26)19-11-15-8-6-7-9-18(15)29-19/h6-14H,1-5H3,(H,23,26). The Morgan fingerprint density at radius 1 is 1.07 bits per heavy atom. The van der Waals surface area contributed by atoms with Gasteiger partial charge in [-0.1, -0.05) is 18.2 Å². The zero-order valence-corrected chi connectivity index (χ0v) is 17.2. The van der Waals surface area contributed by atoms with Crippen molar-refractivity contribution in [1.82, 2.24) is 9.47 Å². The van der Waals surface area contributed by atoms with Gasteiger partial charge in [-0.2, -0.15) is 0 Å². The maximum absolute atomic E-state index is 13.0. The van der Waals surface area contributed by atoms with Crippen LogP contribution < -0.4 is 10.9 Å². The first-order chi connectivity index (χ1) is 13.7. The van der Waals surface area contributed by atoms with E-state index in [9.17, 15) is 14.4 Å². The molecule has 0 spiro atoms. The number of anilines is 1. The Morgan fingerprint density at radius 3 is 2.34 bits per heavy atom. The molecule has 3 aromatic rings. The van der Waals surface area contributed by atoms with Crippen LogP contribution in [0.4, 0.5) is 5.69 Å². The second kappa shape index (κ2) is 7.95. The van der Waals surface area contributed by atoms with Crippen molar-refractivity contribution in [2.24, 2.45) is 7.05 Å². The molecule has 2 amide bonds. The maximum Gasteiger partial charge on any atom is 0.291 e. The normalized spacial score (nSPS) is 11.3. The third-order valence-electron chi connectivity index (χ3n) is 4.67. The van der Waals surface area contributed by atoms with E-state index in [1.54, 1.807) is 24.1 Å². The molecule has 2 aromatic heterocycles. The lowest BCUT2D eigenvalue weighted by atomic mass is 10.1. The first-order valence-corrected chi connectivity index (χ1v) is 9.52. The summed E-state index contributed by atoms with van der Waals surface area (Å²) in [5.41, 5.74) is 0.524. The number of amides is 2. The summed E-state index contributed by atoms with van der Waals surface area (Å²) in [5.74, 6) is -0.659. The largest absolute Gasteiger partial charge is 0.451 e. The monoisotopic (exact) mass is 395 g/mol. The molecule has 7 nitrogen and oxygen atoms in total. The molecule has 0 aliphatic carbocycles. The fourth-order valence-corrected chi connectivity index (χ4v) is 3.41. The van der Waals surface area contributed by atoms with Crippen molar-refractivity contribution >= 4 is 28.5 Å². The van der Waals surface area contributed by atoms with Crippen LogP contribution >= 0.6 is 0 Å². The highest BCUT2D eigenvalue weighted by molar-refractivity contribution is 6.05. The molecule has 0 saturated carbocycles. The highest BCUT2D eigenvalue weighted by Crippen LogP contribution is 2.20. The number of benzene rings is 1. The smallest absolute Gasteiger partial charge is 0.291 e. The lowest BCUT2D eigenvalue weighted by Gasteiger charge is -2.31. The van der Waals surface area contributed by atoms with E-state index < -0.39 is 11.5 Å². The highest BCUT2D eigenvalue weighted by Gasteiger charge is 2.23. The minimum atomic E-state index is -0.549. The number of furan rings is 1. The van der Waals surface area contributed by atoms with Gasteiger partial charge in [0.1, 0.15) is 11.3 Å². The second-order valence-corrected chi connectivity index (χ2v) is 7.56. The van der Waals surface area contributed by atoms with Crippen LogP contribution in [0, 0.1) is 0 Å². The van der Waals surface area contributed by atoms with Crippen molar-refractivity contribution in [3.8, 4) is 0 Å². The van der Waals surface area contributed by atoms with Gasteiger partial charge in [-0.25, -0.2) is 0 Å². The van der Waals surface area contributed by atoms with Crippen molar-refractivity contribution in [3.63, 3.8) is 0 Å². The number of nitrogens with zero attached hydrogens (tertiary/aromatic N) is 2. The lowest BCUT2D eigenvalue weighted by Crippen LogP contribution is -2.42. The molecule has 0 saturated heterocycles. The van der Waals surface area contributed by atoms with Crippen LogP contribution in [-0.4, -0.2) is 33.4 Å². The Morgan fingerprint density at radius 2 is 1.72 bits per heavy atom. The molecule has 3 rings (SSSR count). The fraction of sp³-hybridized carbons (Fsp3) is 0.318. The quantitative estimate of drug-likeness (QED) is 0.715. The Balaban J connectivity index is 1.94. The number of carbonyl (C=O) groups excluding carboxylic acids is 2. The number of nitrogens with one attached hydrogen (secondary N) is 1. The zero-order valence-electron chi connectivity index (χ0n) is 17.2. The molecule has 1 N–H and O–H groups in total. The van der Waals surface area contributed by atoms with Gasteiger partial charge in [-0.15, -0.1) is 0 Å². The summed E-state index contributed by atoms with van der Waals surface area (Å²) in [4.78, 5) is 39.9. The van der Waals surface area contributed by atoms with E-state index in [0.717, 1.165) is 5.39 Å². The molecule has 7 heteroatoms. The zero-order chi connectivity index (χ0) is 21.3. The molecule has 0 bridgehead atoms. The van der Waals surface area contributed by atoms with Gasteiger partial charge in [-0.05, 0) is 45.9 Å². The average molecular weight is 395 g/mol. The van der Waals surface area contributed by atoms with Crippen LogP contribution in [0.2, 0.25) is 0 Å². The molecule has 2 heterocycles. The van der Waals surface area contributed by atoms with Crippen LogP contribution in [0.25, 0.3) is 11.0 Å². The number of pyridine rings is 1. The van der Waals surface area contributed by atoms with Crippen molar-refractivity contribution in [2.75, 3.05) is 5.32 Å². The number of para-hydroxylation sites is 1. The minimum Gasteiger partial charge on any atom is -0.451 e. The van der Waals surface area contributed by atoms with Crippen LogP contribution in [0.3, 0.4) is 0 Å². The van der Waals surface area contributed by atoms with Crippen molar-refractivity contribution in [3.05, 3.63) is 64.3 Å². The van der Waals surface area contributed by atoms with Gasteiger partial charge in [0.05, 0.1) is 5.56 Å². The molecule has 0 fully saturated rings. The summed E-state index contributed by atoms with van der Waals surface area (Å²) >= 11 is 0. The number of rotatable bonds is 5. The topological polar surface area (TPSA) is 84.6 Å². The molecular formula is C22H25N3O4. The summed E-state index contributed by atoms with van der Waals surface area (Å²) in [6, 6.07) is 10.3. The maximum atomic E-state index is 13.0. The molecule has 1 aromatic carbocycles. The van der Waals surface area contributed by atoms with Crippen molar-refractivity contribution in [2.45, 2.75) is 39.8 Å². The summed E-state index contributed by atoms with van der Waals surface area (Å²) in [6.45, 7) is 7.74. The lowest BCUT2D eigenvalue weighted by molar-refractivity contribution is 0.0642. The predicted molar refractivity (Wildman–Crippen MR) is 112 cm³/mol. The summed E-state index contributed by atoms with van der Waals surface area (Å²) in [6.07, 6.45) is 1.49. The Hall–Kier alpha value is -3.35. The number of carbonyl (C=O) groups is 2. The number of hydrogen-bond donors (Lipinski definition) is 1. The molecule has 0 atom stereocenters. The van der Waals surface area contributed by atoms with Gasteiger partial charge in [0.15, 0.2) is 5.76 Å². The molecule has 0 unspecified atom stereocenters. The van der Waals surface area contributed by atoms with Crippen LogP contribution in [-0.2, 0) is 7.05 Å². The molecule has 0 aliphatic rings. The van der Waals surface area contributed by atoms with Gasteiger partial charge >= 0.3 is 0 Å². The second-order valence-electron chi connectivity index (χ2n) is 7.56. The minimum absolute atomic E-state index is 0.00618. The number of hydrogen-bond acceptors (Lipinski definition) is 4. The SMILES string of the molecule is CC(C)N(C(=O)c1cc(NC(=O)c2cc3ccccc3o2)c(=O)n(C)c1)C(C)C. The van der Waals surface area contributed by atoms with Crippen molar-refractivity contribution in [1.29, 1.82) is 0 Å². The van der Waals surface area contributed by atoms with E-state index in [-0.39, 0.29) is 29.4 Å². The van der Waals surface area contributed by atoms with E-state index in [2.05, 4.69) is 5.32 Å². The summed E-state index contributed by atoms with van der Waals surface area (Å²) < 4.78 is 6.85. The first-order valence-electron chi connectivity index (χ1n) is 9.52. The van der Waals surface area contributed by atoms with Crippen LogP contribution in [0.5, 0.6) is 0 Å². The van der Waals surface area contributed by atoms with Gasteiger partial charge in [0, 0.05) is 30.7 Å². The third kappa shape index (κ3) is 4.08. The van der Waals surface area contributed by atoms with E-state index in [1.807, 2.05) is 45.9 Å². The average Bonchev–Trinajstić information content (AvgIpc) is 3.09.